The molecule has 1 heterocycles. The Morgan fingerprint density at radius 2 is 2.00 bits per heavy atom. The van der Waals surface area contributed by atoms with Crippen molar-refractivity contribution in [2.75, 3.05) is 0 Å². The first-order valence-electron chi connectivity index (χ1n) is 6.79. The molecule has 3 nitrogen and oxygen atoms in total. The summed E-state index contributed by atoms with van der Waals surface area (Å²) < 4.78 is 5.38. The first-order valence-corrected chi connectivity index (χ1v) is 6.79. The van der Waals surface area contributed by atoms with Crippen LogP contribution >= 0.6 is 0 Å². The summed E-state index contributed by atoms with van der Waals surface area (Å²) in [5.74, 6) is 1.57. The van der Waals surface area contributed by atoms with Crippen LogP contribution in [0.15, 0.2) is 22.6 Å². The van der Waals surface area contributed by atoms with Crippen LogP contribution in [0.2, 0.25) is 0 Å². The van der Waals surface area contributed by atoms with Crippen molar-refractivity contribution >= 4 is 12.0 Å². The third kappa shape index (κ3) is 4.06. The molecular weight excluding hydrogens is 226 g/mol. The zero-order valence-electron chi connectivity index (χ0n) is 10.9. The molecule has 0 unspecified atom stereocenters. The molecule has 1 saturated carbocycles. The van der Waals surface area contributed by atoms with Crippen molar-refractivity contribution in [2.24, 2.45) is 0 Å². The van der Waals surface area contributed by atoms with Crippen LogP contribution in [0.5, 0.6) is 0 Å². The highest BCUT2D eigenvalue weighted by Crippen LogP contribution is 2.17. The number of nitrogens with one attached hydrogen (secondary N) is 1. The lowest BCUT2D eigenvalue weighted by Crippen LogP contribution is -2.33. The maximum absolute atomic E-state index is 11.8. The van der Waals surface area contributed by atoms with Crippen LogP contribution in [0.1, 0.15) is 50.0 Å². The summed E-state index contributed by atoms with van der Waals surface area (Å²) in [4.78, 5) is 11.8. The maximum atomic E-state index is 11.8. The highest BCUT2D eigenvalue weighted by atomic mass is 16.3. The summed E-state index contributed by atoms with van der Waals surface area (Å²) in [5, 5.41) is 3.07. The van der Waals surface area contributed by atoms with Gasteiger partial charge in [-0.05, 0) is 38.0 Å². The smallest absolute Gasteiger partial charge is 0.244 e. The predicted octanol–water partition coefficient (Wildman–Crippen LogP) is 3.44. The SMILES string of the molecule is Cc1ccc(C=CC(=O)NC2CCCCCC2)o1. The quantitative estimate of drug-likeness (QED) is 0.656. The van der Waals surface area contributed by atoms with Crippen LogP contribution in [-0.4, -0.2) is 11.9 Å². The maximum Gasteiger partial charge on any atom is 0.244 e. The zero-order chi connectivity index (χ0) is 12.8. The molecule has 0 aromatic carbocycles. The van der Waals surface area contributed by atoms with Gasteiger partial charge in [0.15, 0.2) is 0 Å². The van der Waals surface area contributed by atoms with Gasteiger partial charge in [0.25, 0.3) is 0 Å². The average Bonchev–Trinajstić information content (AvgIpc) is 2.60. The van der Waals surface area contributed by atoms with E-state index in [2.05, 4.69) is 5.32 Å². The van der Waals surface area contributed by atoms with Gasteiger partial charge in [-0.1, -0.05) is 25.7 Å². The van der Waals surface area contributed by atoms with E-state index in [0.29, 0.717) is 6.04 Å². The number of hydrogen-bond donors (Lipinski definition) is 1. The van der Waals surface area contributed by atoms with E-state index in [0.717, 1.165) is 24.4 Å². The minimum Gasteiger partial charge on any atom is -0.462 e. The summed E-state index contributed by atoms with van der Waals surface area (Å²) in [6, 6.07) is 4.11. The molecule has 1 fully saturated rings. The number of hydrogen-bond acceptors (Lipinski definition) is 2. The second-order valence-electron chi connectivity index (χ2n) is 4.98. The van der Waals surface area contributed by atoms with Gasteiger partial charge in [0, 0.05) is 12.1 Å². The third-order valence-electron chi connectivity index (χ3n) is 3.36. The van der Waals surface area contributed by atoms with E-state index in [-0.39, 0.29) is 5.91 Å². The van der Waals surface area contributed by atoms with Crippen molar-refractivity contribution in [3.8, 4) is 0 Å². The van der Waals surface area contributed by atoms with E-state index in [9.17, 15) is 4.79 Å². The lowest BCUT2D eigenvalue weighted by Gasteiger charge is -2.14. The second kappa shape index (κ2) is 6.43. The van der Waals surface area contributed by atoms with Crippen molar-refractivity contribution in [3.05, 3.63) is 29.7 Å². The minimum absolute atomic E-state index is 0.0176. The molecule has 1 aromatic heterocycles. The fourth-order valence-corrected chi connectivity index (χ4v) is 2.37. The van der Waals surface area contributed by atoms with Crippen LogP contribution in [0.25, 0.3) is 6.08 Å². The van der Waals surface area contributed by atoms with E-state index in [4.69, 9.17) is 4.42 Å². The van der Waals surface area contributed by atoms with Crippen molar-refractivity contribution in [3.63, 3.8) is 0 Å². The minimum atomic E-state index is -0.0176. The molecule has 1 aromatic rings. The fourth-order valence-electron chi connectivity index (χ4n) is 2.37. The van der Waals surface area contributed by atoms with Crippen molar-refractivity contribution < 1.29 is 9.21 Å². The molecular formula is C15H21NO2. The first kappa shape index (κ1) is 12.9. The largest absolute Gasteiger partial charge is 0.462 e. The Hall–Kier alpha value is -1.51. The van der Waals surface area contributed by atoms with Gasteiger partial charge in [-0.3, -0.25) is 4.79 Å². The summed E-state index contributed by atoms with van der Waals surface area (Å²) in [7, 11) is 0. The van der Waals surface area contributed by atoms with Gasteiger partial charge in [0.2, 0.25) is 5.91 Å². The molecule has 0 atom stereocenters. The van der Waals surface area contributed by atoms with Crippen molar-refractivity contribution in [1.29, 1.82) is 0 Å². The Bertz CT molecular complexity index is 412. The topological polar surface area (TPSA) is 42.2 Å². The van der Waals surface area contributed by atoms with Gasteiger partial charge in [0.05, 0.1) is 0 Å². The van der Waals surface area contributed by atoms with Crippen LogP contribution in [0.3, 0.4) is 0 Å². The van der Waals surface area contributed by atoms with E-state index in [1.807, 2.05) is 19.1 Å². The Labute approximate surface area is 108 Å². The standard InChI is InChI=1S/C15H21NO2/c1-12-8-9-14(18-12)10-11-15(17)16-13-6-4-2-3-5-7-13/h8-11,13H,2-7H2,1H3,(H,16,17). The second-order valence-corrected chi connectivity index (χ2v) is 4.98. The molecule has 0 bridgehead atoms. The van der Waals surface area contributed by atoms with Gasteiger partial charge in [-0.15, -0.1) is 0 Å². The van der Waals surface area contributed by atoms with E-state index in [1.54, 1.807) is 12.2 Å². The molecule has 1 aliphatic rings. The van der Waals surface area contributed by atoms with Crippen molar-refractivity contribution in [1.82, 2.24) is 5.32 Å². The average molecular weight is 247 g/mol. The predicted molar refractivity (Wildman–Crippen MR) is 72.1 cm³/mol. The highest BCUT2D eigenvalue weighted by Gasteiger charge is 2.13. The number of aryl methyl sites for hydroxylation is 1. The van der Waals surface area contributed by atoms with Gasteiger partial charge >= 0.3 is 0 Å². The van der Waals surface area contributed by atoms with E-state index < -0.39 is 0 Å². The molecule has 1 amide bonds. The fraction of sp³-hybridized carbons (Fsp3) is 0.533. The van der Waals surface area contributed by atoms with Gasteiger partial charge < -0.3 is 9.73 Å². The summed E-state index contributed by atoms with van der Waals surface area (Å²) in [5.41, 5.74) is 0. The molecule has 2 rings (SSSR count). The van der Waals surface area contributed by atoms with Crippen LogP contribution in [0, 0.1) is 6.92 Å². The number of amides is 1. The van der Waals surface area contributed by atoms with E-state index >= 15 is 0 Å². The molecule has 1 aliphatic carbocycles. The summed E-state index contributed by atoms with van der Waals surface area (Å²) in [6.07, 6.45) is 10.6. The summed E-state index contributed by atoms with van der Waals surface area (Å²) >= 11 is 0. The molecule has 1 N–H and O–H groups in total. The Morgan fingerprint density at radius 3 is 2.61 bits per heavy atom. The lowest BCUT2D eigenvalue weighted by atomic mass is 10.1. The monoisotopic (exact) mass is 247 g/mol. The molecule has 0 radical (unpaired) electrons. The number of carbonyl (C=O) groups is 1. The molecule has 0 spiro atoms. The van der Waals surface area contributed by atoms with Crippen LogP contribution in [-0.2, 0) is 4.79 Å². The van der Waals surface area contributed by atoms with Gasteiger partial charge in [-0.25, -0.2) is 0 Å². The number of rotatable bonds is 3. The lowest BCUT2D eigenvalue weighted by molar-refractivity contribution is -0.117. The van der Waals surface area contributed by atoms with Crippen molar-refractivity contribution in [2.45, 2.75) is 51.5 Å². The summed E-state index contributed by atoms with van der Waals surface area (Å²) in [6.45, 7) is 1.89. The van der Waals surface area contributed by atoms with Gasteiger partial charge in [-0.2, -0.15) is 0 Å². The Balaban J connectivity index is 1.82. The molecule has 98 valence electrons. The zero-order valence-corrected chi connectivity index (χ0v) is 10.9. The first-order chi connectivity index (χ1) is 8.74. The Kier molecular flexibility index (Phi) is 4.62. The van der Waals surface area contributed by atoms with Crippen LogP contribution < -0.4 is 5.32 Å². The highest BCUT2D eigenvalue weighted by molar-refractivity contribution is 5.91. The molecule has 18 heavy (non-hydrogen) atoms. The number of carbonyl (C=O) groups excluding carboxylic acids is 1. The van der Waals surface area contributed by atoms with E-state index in [1.165, 1.54) is 25.7 Å². The molecule has 3 heteroatoms. The Morgan fingerprint density at radius 1 is 1.28 bits per heavy atom. The third-order valence-corrected chi connectivity index (χ3v) is 3.36. The van der Waals surface area contributed by atoms with Crippen LogP contribution in [0.4, 0.5) is 0 Å². The number of furan rings is 1. The normalized spacial score (nSPS) is 17.8. The van der Waals surface area contributed by atoms with Gasteiger partial charge in [0.1, 0.15) is 11.5 Å². The molecule has 0 aliphatic heterocycles. The molecule has 0 saturated heterocycles.